The molecule has 1 atom stereocenters. The van der Waals surface area contributed by atoms with Gasteiger partial charge in [-0.25, -0.2) is 0 Å². The molecule has 0 saturated carbocycles. The van der Waals surface area contributed by atoms with Gasteiger partial charge in [0.1, 0.15) is 13.2 Å². The van der Waals surface area contributed by atoms with Gasteiger partial charge in [-0.1, -0.05) is 309 Å². The lowest BCUT2D eigenvalue weighted by atomic mass is 10.0. The Morgan fingerprint density at radius 3 is 0.768 bits per heavy atom. The number of rotatable bonds is 62. The molecular weight excluding hydrogens is 1010 g/mol. The molecule has 0 aromatic rings. The summed E-state index contributed by atoms with van der Waals surface area (Å²) in [5.41, 5.74) is 0. The van der Waals surface area contributed by atoms with Gasteiger partial charge in [-0.3, -0.25) is 14.4 Å². The second kappa shape index (κ2) is 69.3. The van der Waals surface area contributed by atoms with Crippen molar-refractivity contribution in [2.45, 2.75) is 329 Å². The zero-order chi connectivity index (χ0) is 59.2. The molecule has 6 nitrogen and oxygen atoms in total. The van der Waals surface area contributed by atoms with E-state index in [0.717, 1.165) is 148 Å². The monoisotopic (exact) mass is 1140 g/mol. The fourth-order valence-electron chi connectivity index (χ4n) is 9.55. The Bertz CT molecular complexity index is 1690. The number of unbranched alkanes of at least 4 members (excludes halogenated alkanes) is 31. The highest BCUT2D eigenvalue weighted by atomic mass is 16.6. The van der Waals surface area contributed by atoms with Crippen molar-refractivity contribution in [2.24, 2.45) is 0 Å². The van der Waals surface area contributed by atoms with Crippen LogP contribution in [0.2, 0.25) is 0 Å². The average molecular weight is 1140 g/mol. The fourth-order valence-corrected chi connectivity index (χ4v) is 9.55. The molecule has 1 unspecified atom stereocenters. The minimum atomic E-state index is -0.798. The van der Waals surface area contributed by atoms with E-state index < -0.39 is 6.10 Å². The number of carbonyl (C=O) groups excluding carboxylic acids is 3. The van der Waals surface area contributed by atoms with Crippen LogP contribution in [0, 0.1) is 0 Å². The highest BCUT2D eigenvalue weighted by Crippen LogP contribution is 2.17. The summed E-state index contributed by atoms with van der Waals surface area (Å²) < 4.78 is 16.9. The standard InChI is InChI=1S/C76H128O6/c1-4-7-10-13-16-19-22-25-28-30-32-34-35-36-37-38-39-40-41-42-44-45-48-51-54-57-60-63-66-69-75(78)81-72-73(71-80-74(77)68-65-62-59-56-53-50-47-27-24-21-18-15-12-9-6-3)82-76(79)70-67-64-61-58-55-52-49-46-43-33-31-29-26-23-20-17-14-11-8-5-2/h7,10,16,18-19,21,25,27-28,32,34,36-37,39-40,42,44,47-48,51,73H,4-6,8-9,11-15,17,20,22-24,26,29-31,33,35,38,41,43,45-46,49-50,52-72H2,1-3H3/b10-7-,19-16-,21-18-,28-25-,34-32-,37-36-,40-39-,44-42-,47-27-,51-48-. The van der Waals surface area contributed by atoms with E-state index in [0.29, 0.717) is 19.3 Å². The third kappa shape index (κ3) is 66.6. The van der Waals surface area contributed by atoms with E-state index in [9.17, 15) is 14.4 Å². The molecule has 468 valence electrons. The van der Waals surface area contributed by atoms with Crippen LogP contribution in [0.1, 0.15) is 323 Å². The first-order valence-electron chi connectivity index (χ1n) is 34.5. The maximum atomic E-state index is 12.9. The third-order valence-corrected chi connectivity index (χ3v) is 14.7. The van der Waals surface area contributed by atoms with Gasteiger partial charge in [0.2, 0.25) is 0 Å². The largest absolute Gasteiger partial charge is 0.462 e. The predicted octanol–water partition coefficient (Wildman–Crippen LogP) is 23.9. The van der Waals surface area contributed by atoms with Gasteiger partial charge < -0.3 is 14.2 Å². The van der Waals surface area contributed by atoms with E-state index in [1.807, 2.05) is 0 Å². The molecule has 0 heterocycles. The number of esters is 3. The molecule has 0 N–H and O–H groups in total. The van der Waals surface area contributed by atoms with Crippen LogP contribution in [0.3, 0.4) is 0 Å². The van der Waals surface area contributed by atoms with Crippen LogP contribution in [0.4, 0.5) is 0 Å². The van der Waals surface area contributed by atoms with Crippen molar-refractivity contribution in [1.82, 2.24) is 0 Å². The minimum Gasteiger partial charge on any atom is -0.462 e. The summed E-state index contributed by atoms with van der Waals surface area (Å²) in [5, 5.41) is 0. The average Bonchev–Trinajstić information content (AvgIpc) is 3.47. The third-order valence-electron chi connectivity index (χ3n) is 14.7. The maximum Gasteiger partial charge on any atom is 0.306 e. The van der Waals surface area contributed by atoms with Crippen molar-refractivity contribution >= 4 is 17.9 Å². The van der Waals surface area contributed by atoms with E-state index in [1.165, 1.54) is 135 Å². The summed E-state index contributed by atoms with van der Waals surface area (Å²) in [6.45, 7) is 6.50. The number of ether oxygens (including phenoxy) is 3. The molecule has 82 heavy (non-hydrogen) atoms. The molecule has 0 saturated heterocycles. The summed E-state index contributed by atoms with van der Waals surface area (Å²) in [6, 6.07) is 0. The summed E-state index contributed by atoms with van der Waals surface area (Å²) in [5.74, 6) is -0.920. The molecule has 0 radical (unpaired) electrons. The molecule has 0 fully saturated rings. The van der Waals surface area contributed by atoms with E-state index in [-0.39, 0.29) is 31.1 Å². The molecule has 0 aliphatic heterocycles. The van der Waals surface area contributed by atoms with Crippen LogP contribution in [-0.2, 0) is 28.6 Å². The van der Waals surface area contributed by atoms with Crippen LogP contribution >= 0.6 is 0 Å². The first-order chi connectivity index (χ1) is 40.5. The highest BCUT2D eigenvalue weighted by molar-refractivity contribution is 5.71. The number of hydrogen-bond acceptors (Lipinski definition) is 6. The van der Waals surface area contributed by atoms with Crippen LogP contribution in [0.15, 0.2) is 122 Å². The van der Waals surface area contributed by atoms with Crippen LogP contribution in [0.5, 0.6) is 0 Å². The lowest BCUT2D eigenvalue weighted by Gasteiger charge is -2.18. The quantitative estimate of drug-likeness (QED) is 0.0261. The van der Waals surface area contributed by atoms with Gasteiger partial charge in [0.25, 0.3) is 0 Å². The van der Waals surface area contributed by atoms with Crippen molar-refractivity contribution in [3.63, 3.8) is 0 Å². The van der Waals surface area contributed by atoms with Crippen LogP contribution < -0.4 is 0 Å². The molecule has 6 heteroatoms. The van der Waals surface area contributed by atoms with Crippen LogP contribution in [-0.4, -0.2) is 37.2 Å². The maximum absolute atomic E-state index is 12.9. The molecule has 0 aliphatic rings. The SMILES string of the molecule is CC/C=C\C/C=C\C/C=C\C/C=C\C/C=C\C/C=C\C/C=C\C/C=C\CCCCCCC(=O)OCC(COC(=O)CCCCCCC/C=C\C/C=C\CCCCC)OC(=O)CCCCCCCCCCCCCCCCCCCCCC. The van der Waals surface area contributed by atoms with Crippen LogP contribution in [0.25, 0.3) is 0 Å². The lowest BCUT2D eigenvalue weighted by Crippen LogP contribution is -2.30. The van der Waals surface area contributed by atoms with Gasteiger partial charge in [0.15, 0.2) is 6.10 Å². The van der Waals surface area contributed by atoms with Crippen molar-refractivity contribution in [3.05, 3.63) is 122 Å². The summed E-state index contributed by atoms with van der Waals surface area (Å²) in [6.07, 6.45) is 96.4. The van der Waals surface area contributed by atoms with E-state index in [4.69, 9.17) is 14.2 Å². The number of hydrogen-bond donors (Lipinski definition) is 0. The first kappa shape index (κ1) is 77.8. The lowest BCUT2D eigenvalue weighted by molar-refractivity contribution is -0.167. The van der Waals surface area contributed by atoms with Crippen molar-refractivity contribution in [1.29, 1.82) is 0 Å². The minimum absolute atomic E-state index is 0.0931. The predicted molar refractivity (Wildman–Crippen MR) is 357 cm³/mol. The van der Waals surface area contributed by atoms with Gasteiger partial charge in [0, 0.05) is 19.3 Å². The Morgan fingerprint density at radius 2 is 0.476 bits per heavy atom. The molecule has 0 aromatic heterocycles. The van der Waals surface area contributed by atoms with Gasteiger partial charge in [-0.2, -0.15) is 0 Å². The van der Waals surface area contributed by atoms with Gasteiger partial charge in [0.05, 0.1) is 0 Å². The topological polar surface area (TPSA) is 78.9 Å². The van der Waals surface area contributed by atoms with Gasteiger partial charge in [-0.15, -0.1) is 0 Å². The zero-order valence-corrected chi connectivity index (χ0v) is 53.7. The normalized spacial score (nSPS) is 12.9. The summed E-state index contributed by atoms with van der Waals surface area (Å²) in [4.78, 5) is 38.4. The van der Waals surface area contributed by atoms with Crippen molar-refractivity contribution < 1.29 is 28.6 Å². The smallest absolute Gasteiger partial charge is 0.306 e. The second-order valence-electron chi connectivity index (χ2n) is 22.7. The molecular formula is C76H128O6. The highest BCUT2D eigenvalue weighted by Gasteiger charge is 2.19. The van der Waals surface area contributed by atoms with Crippen molar-refractivity contribution in [3.8, 4) is 0 Å². The van der Waals surface area contributed by atoms with Gasteiger partial charge in [-0.05, 0) is 116 Å². The Hall–Kier alpha value is -4.19. The molecule has 0 aromatic carbocycles. The Morgan fingerprint density at radius 1 is 0.256 bits per heavy atom. The van der Waals surface area contributed by atoms with E-state index in [1.54, 1.807) is 0 Å². The van der Waals surface area contributed by atoms with Gasteiger partial charge >= 0.3 is 17.9 Å². The van der Waals surface area contributed by atoms with Crippen molar-refractivity contribution in [2.75, 3.05) is 13.2 Å². The zero-order valence-electron chi connectivity index (χ0n) is 53.7. The molecule has 0 spiro atoms. The number of allylic oxidation sites excluding steroid dienone is 20. The number of carbonyl (C=O) groups is 3. The Kier molecular flexibility index (Phi) is 65.8. The second-order valence-corrected chi connectivity index (χ2v) is 22.7. The molecule has 0 rings (SSSR count). The molecule has 0 amide bonds. The Balaban J connectivity index is 4.40. The van der Waals surface area contributed by atoms with E-state index in [2.05, 4.69) is 142 Å². The van der Waals surface area contributed by atoms with E-state index >= 15 is 0 Å². The molecule has 0 bridgehead atoms. The first-order valence-corrected chi connectivity index (χ1v) is 34.5. The summed E-state index contributed by atoms with van der Waals surface area (Å²) >= 11 is 0. The molecule has 0 aliphatic carbocycles. The summed E-state index contributed by atoms with van der Waals surface area (Å²) in [7, 11) is 0. The fraction of sp³-hybridized carbons (Fsp3) is 0.697. The Labute approximate surface area is 507 Å².